The lowest BCUT2D eigenvalue weighted by atomic mass is 10.1. The van der Waals surface area contributed by atoms with E-state index in [1.165, 1.54) is 0 Å². The molecule has 0 radical (unpaired) electrons. The van der Waals surface area contributed by atoms with Gasteiger partial charge in [-0.25, -0.2) is 13.1 Å². The van der Waals surface area contributed by atoms with Gasteiger partial charge in [0.2, 0.25) is 10.0 Å². The summed E-state index contributed by atoms with van der Waals surface area (Å²) in [6, 6.07) is 7.11. The Balaban J connectivity index is 2.53. The maximum Gasteiger partial charge on any atom is 0.240 e. The van der Waals surface area contributed by atoms with Crippen LogP contribution in [0.2, 0.25) is 0 Å². The van der Waals surface area contributed by atoms with Crippen molar-refractivity contribution < 1.29 is 8.42 Å². The minimum atomic E-state index is -3.39. The zero-order valence-corrected chi connectivity index (χ0v) is 14.2. The van der Waals surface area contributed by atoms with E-state index >= 15 is 0 Å². The van der Waals surface area contributed by atoms with Crippen molar-refractivity contribution in [2.24, 2.45) is 5.92 Å². The van der Waals surface area contributed by atoms with Gasteiger partial charge >= 0.3 is 0 Å². The third-order valence-corrected chi connectivity index (χ3v) is 4.75. The number of sulfonamides is 1. The predicted molar refractivity (Wildman–Crippen MR) is 87.7 cm³/mol. The first kappa shape index (κ1) is 18.1. The van der Waals surface area contributed by atoms with E-state index in [9.17, 15) is 8.42 Å². The van der Waals surface area contributed by atoms with E-state index in [1.807, 2.05) is 13.0 Å². The van der Waals surface area contributed by atoms with Crippen LogP contribution in [0.1, 0.15) is 45.6 Å². The van der Waals surface area contributed by atoms with E-state index in [-0.39, 0.29) is 0 Å². The summed E-state index contributed by atoms with van der Waals surface area (Å²) < 4.78 is 27.1. The Kier molecular flexibility index (Phi) is 7.93. The van der Waals surface area contributed by atoms with Gasteiger partial charge < -0.3 is 5.32 Å². The lowest BCUT2D eigenvalue weighted by Crippen LogP contribution is -2.25. The zero-order chi connectivity index (χ0) is 15.7. The highest BCUT2D eigenvalue weighted by Gasteiger charge is 2.13. The van der Waals surface area contributed by atoms with Gasteiger partial charge in [0.15, 0.2) is 0 Å². The normalized spacial score (nSPS) is 12.0. The molecular formula is C16H28N2O2S. The molecule has 0 unspecified atom stereocenters. The molecule has 4 nitrogen and oxygen atoms in total. The number of benzene rings is 1. The molecule has 0 atom stereocenters. The highest BCUT2D eigenvalue weighted by atomic mass is 32.2. The maximum absolute atomic E-state index is 12.2. The van der Waals surface area contributed by atoms with Crippen molar-refractivity contribution in [2.75, 3.05) is 13.1 Å². The molecule has 0 fully saturated rings. The Morgan fingerprint density at radius 1 is 1.19 bits per heavy atom. The van der Waals surface area contributed by atoms with Crippen LogP contribution in [0.25, 0.3) is 0 Å². The molecule has 0 aromatic heterocycles. The first-order valence-corrected chi connectivity index (χ1v) is 9.23. The molecule has 0 saturated heterocycles. The van der Waals surface area contributed by atoms with Gasteiger partial charge in [0.1, 0.15) is 0 Å². The molecule has 0 aliphatic carbocycles. The number of hydrogen-bond donors (Lipinski definition) is 2. The molecule has 1 rings (SSSR count). The molecule has 1 aromatic rings. The van der Waals surface area contributed by atoms with Gasteiger partial charge in [-0.1, -0.05) is 45.7 Å². The van der Waals surface area contributed by atoms with E-state index in [0.717, 1.165) is 31.4 Å². The van der Waals surface area contributed by atoms with Crippen LogP contribution in [0.15, 0.2) is 29.2 Å². The lowest BCUT2D eigenvalue weighted by Gasteiger charge is -2.09. The van der Waals surface area contributed by atoms with E-state index in [0.29, 0.717) is 23.9 Å². The Bertz CT molecular complexity index is 513. The number of rotatable bonds is 10. The summed E-state index contributed by atoms with van der Waals surface area (Å²) in [6.07, 6.45) is 3.08. The van der Waals surface area contributed by atoms with Gasteiger partial charge in [-0.15, -0.1) is 0 Å². The summed E-state index contributed by atoms with van der Waals surface area (Å²) in [5.41, 5.74) is 0.986. The fourth-order valence-electron chi connectivity index (χ4n) is 2.06. The summed E-state index contributed by atoms with van der Waals surface area (Å²) in [7, 11) is -3.39. The molecule has 0 saturated carbocycles. The third kappa shape index (κ3) is 7.07. The topological polar surface area (TPSA) is 58.2 Å². The fourth-order valence-corrected chi connectivity index (χ4v) is 3.20. The molecule has 0 aliphatic rings. The molecule has 120 valence electrons. The summed E-state index contributed by atoms with van der Waals surface area (Å²) >= 11 is 0. The maximum atomic E-state index is 12.2. The fraction of sp³-hybridized carbons (Fsp3) is 0.625. The standard InChI is InChI=1S/C16H28N2O2S/c1-4-17-13-15-9-7-10-16(12-15)21(19,20)18-11-6-5-8-14(2)3/h7,9-10,12,14,17-18H,4-6,8,11,13H2,1-3H3. The van der Waals surface area contributed by atoms with Gasteiger partial charge in [0, 0.05) is 13.1 Å². The Hall–Kier alpha value is -0.910. The van der Waals surface area contributed by atoms with Gasteiger partial charge in [0.05, 0.1) is 4.90 Å². The highest BCUT2D eigenvalue weighted by molar-refractivity contribution is 7.89. The second-order valence-electron chi connectivity index (χ2n) is 5.72. The number of hydrogen-bond acceptors (Lipinski definition) is 3. The van der Waals surface area contributed by atoms with Gasteiger partial charge in [-0.2, -0.15) is 0 Å². The lowest BCUT2D eigenvalue weighted by molar-refractivity contribution is 0.530. The highest BCUT2D eigenvalue weighted by Crippen LogP contribution is 2.12. The first-order chi connectivity index (χ1) is 9.95. The van der Waals surface area contributed by atoms with E-state index in [1.54, 1.807) is 18.2 Å². The van der Waals surface area contributed by atoms with Crippen LogP contribution < -0.4 is 10.0 Å². The SMILES string of the molecule is CCNCc1cccc(S(=O)(=O)NCCCCC(C)C)c1. The zero-order valence-electron chi connectivity index (χ0n) is 13.4. The first-order valence-electron chi connectivity index (χ1n) is 7.75. The van der Waals surface area contributed by atoms with Gasteiger partial charge in [-0.3, -0.25) is 0 Å². The van der Waals surface area contributed by atoms with E-state index < -0.39 is 10.0 Å². The Morgan fingerprint density at radius 3 is 2.62 bits per heavy atom. The second-order valence-corrected chi connectivity index (χ2v) is 7.48. The van der Waals surface area contributed by atoms with Gasteiger partial charge in [0.25, 0.3) is 0 Å². The van der Waals surface area contributed by atoms with Crippen LogP contribution in [-0.4, -0.2) is 21.5 Å². The average molecular weight is 312 g/mol. The van der Waals surface area contributed by atoms with Crippen molar-refractivity contribution in [3.8, 4) is 0 Å². The molecular weight excluding hydrogens is 284 g/mol. The molecule has 0 spiro atoms. The summed E-state index contributed by atoms with van der Waals surface area (Å²) in [5.74, 6) is 0.671. The second kappa shape index (κ2) is 9.18. The van der Waals surface area contributed by atoms with Crippen molar-refractivity contribution in [1.82, 2.24) is 10.0 Å². The average Bonchev–Trinajstić information content (AvgIpc) is 2.44. The molecule has 1 aromatic carbocycles. The van der Waals surface area contributed by atoms with Crippen LogP contribution in [0.5, 0.6) is 0 Å². The summed E-state index contributed by atoms with van der Waals surface area (Å²) in [5, 5.41) is 3.20. The monoisotopic (exact) mass is 312 g/mol. The van der Waals surface area contributed by atoms with Crippen molar-refractivity contribution in [3.63, 3.8) is 0 Å². The van der Waals surface area contributed by atoms with Crippen molar-refractivity contribution in [1.29, 1.82) is 0 Å². The Labute approximate surface area is 129 Å². The minimum absolute atomic E-state index is 0.349. The van der Waals surface area contributed by atoms with Crippen LogP contribution in [0, 0.1) is 5.92 Å². The molecule has 0 amide bonds. The van der Waals surface area contributed by atoms with Gasteiger partial charge in [-0.05, 0) is 36.6 Å². The van der Waals surface area contributed by atoms with E-state index in [2.05, 4.69) is 23.9 Å². The molecule has 21 heavy (non-hydrogen) atoms. The molecule has 2 N–H and O–H groups in total. The Morgan fingerprint density at radius 2 is 1.95 bits per heavy atom. The molecule has 0 aliphatic heterocycles. The predicted octanol–water partition coefficient (Wildman–Crippen LogP) is 2.90. The smallest absolute Gasteiger partial charge is 0.240 e. The van der Waals surface area contributed by atoms with Crippen molar-refractivity contribution >= 4 is 10.0 Å². The number of nitrogens with one attached hydrogen (secondary N) is 2. The third-order valence-electron chi connectivity index (χ3n) is 3.29. The summed E-state index contributed by atoms with van der Waals surface area (Å²) in [6.45, 7) is 8.45. The van der Waals surface area contributed by atoms with Crippen LogP contribution in [-0.2, 0) is 16.6 Å². The van der Waals surface area contributed by atoms with Crippen molar-refractivity contribution in [3.05, 3.63) is 29.8 Å². The summed E-state index contributed by atoms with van der Waals surface area (Å²) in [4.78, 5) is 0.349. The molecule has 0 heterocycles. The largest absolute Gasteiger partial charge is 0.313 e. The van der Waals surface area contributed by atoms with Crippen LogP contribution in [0.3, 0.4) is 0 Å². The minimum Gasteiger partial charge on any atom is -0.313 e. The number of unbranched alkanes of at least 4 members (excludes halogenated alkanes) is 1. The molecule has 0 bridgehead atoms. The van der Waals surface area contributed by atoms with Crippen LogP contribution in [0.4, 0.5) is 0 Å². The van der Waals surface area contributed by atoms with Crippen LogP contribution >= 0.6 is 0 Å². The molecule has 5 heteroatoms. The van der Waals surface area contributed by atoms with E-state index in [4.69, 9.17) is 0 Å². The van der Waals surface area contributed by atoms with Crippen molar-refractivity contribution in [2.45, 2.75) is 51.5 Å². The quantitative estimate of drug-likeness (QED) is 0.653.